The average Bonchev–Trinajstić information content (AvgIpc) is 2.39. The molecule has 0 unspecified atom stereocenters. The second-order valence-electron chi connectivity index (χ2n) is 5.74. The fourth-order valence-electron chi connectivity index (χ4n) is 1.99. The summed E-state index contributed by atoms with van der Waals surface area (Å²) in [7, 11) is 3.54. The van der Waals surface area contributed by atoms with Gasteiger partial charge in [-0.1, -0.05) is 34.1 Å². The third kappa shape index (κ3) is 6.58. The molecule has 0 radical (unpaired) electrons. The number of nitrogens with zero attached hydrogens (tertiary/aromatic N) is 2. The minimum absolute atomic E-state index is 0.0180. The van der Waals surface area contributed by atoms with Gasteiger partial charge in [0.15, 0.2) is 0 Å². The largest absolute Gasteiger partial charge is 0.353 e. The Morgan fingerprint density at radius 1 is 1.18 bits per heavy atom. The SMILES string of the molecule is CC(C)NC(=O)CN(C)CC(=O)N(C)Cc1ccccc1Br. The lowest BCUT2D eigenvalue weighted by atomic mass is 10.2. The number of benzene rings is 1. The number of rotatable bonds is 7. The number of hydrogen-bond donors (Lipinski definition) is 1. The van der Waals surface area contributed by atoms with E-state index in [9.17, 15) is 9.59 Å². The molecule has 0 atom stereocenters. The molecule has 6 heteroatoms. The Hall–Kier alpha value is -1.40. The second-order valence-corrected chi connectivity index (χ2v) is 6.59. The highest BCUT2D eigenvalue weighted by Crippen LogP contribution is 2.17. The highest BCUT2D eigenvalue weighted by Gasteiger charge is 2.15. The topological polar surface area (TPSA) is 52.7 Å². The van der Waals surface area contributed by atoms with Crippen molar-refractivity contribution in [1.82, 2.24) is 15.1 Å². The molecule has 0 aliphatic carbocycles. The molecule has 0 aliphatic rings. The number of amides is 2. The number of likely N-dealkylation sites (N-methyl/N-ethyl adjacent to an activating group) is 2. The van der Waals surface area contributed by atoms with Crippen LogP contribution in [0.1, 0.15) is 19.4 Å². The van der Waals surface area contributed by atoms with E-state index in [0.717, 1.165) is 10.0 Å². The Bertz CT molecular complexity index is 520. The minimum Gasteiger partial charge on any atom is -0.353 e. The molecule has 0 saturated carbocycles. The first-order valence-electron chi connectivity index (χ1n) is 7.25. The molecule has 1 rings (SSSR count). The van der Waals surface area contributed by atoms with Gasteiger partial charge in [-0.05, 0) is 32.5 Å². The monoisotopic (exact) mass is 369 g/mol. The fourth-order valence-corrected chi connectivity index (χ4v) is 2.40. The number of hydrogen-bond acceptors (Lipinski definition) is 3. The van der Waals surface area contributed by atoms with Crippen molar-refractivity contribution in [2.45, 2.75) is 26.4 Å². The summed E-state index contributed by atoms with van der Waals surface area (Å²) in [4.78, 5) is 27.3. The smallest absolute Gasteiger partial charge is 0.236 e. The normalized spacial score (nSPS) is 10.9. The lowest BCUT2D eigenvalue weighted by Crippen LogP contribution is -2.42. The van der Waals surface area contributed by atoms with Crippen LogP contribution in [-0.4, -0.2) is 54.8 Å². The quantitative estimate of drug-likeness (QED) is 0.797. The van der Waals surface area contributed by atoms with Crippen LogP contribution in [0.3, 0.4) is 0 Å². The standard InChI is InChI=1S/C16H24BrN3O2/c1-12(2)18-15(21)10-19(3)11-16(22)20(4)9-13-7-5-6-8-14(13)17/h5-8,12H,9-11H2,1-4H3,(H,18,21). The molecule has 0 aliphatic heterocycles. The molecule has 1 N–H and O–H groups in total. The number of carbonyl (C=O) groups excluding carboxylic acids is 2. The van der Waals surface area contributed by atoms with Gasteiger partial charge in [-0.3, -0.25) is 14.5 Å². The molecule has 5 nitrogen and oxygen atoms in total. The Kier molecular flexibility index (Phi) is 7.55. The first-order chi connectivity index (χ1) is 10.3. The van der Waals surface area contributed by atoms with E-state index in [-0.39, 0.29) is 30.9 Å². The molecule has 1 aromatic carbocycles. The molecule has 0 bridgehead atoms. The Labute approximate surface area is 140 Å². The van der Waals surface area contributed by atoms with Crippen molar-refractivity contribution in [2.24, 2.45) is 0 Å². The van der Waals surface area contributed by atoms with Gasteiger partial charge in [-0.2, -0.15) is 0 Å². The maximum Gasteiger partial charge on any atom is 0.236 e. The Morgan fingerprint density at radius 2 is 1.82 bits per heavy atom. The van der Waals surface area contributed by atoms with Crippen molar-refractivity contribution in [2.75, 3.05) is 27.2 Å². The van der Waals surface area contributed by atoms with Gasteiger partial charge in [0.2, 0.25) is 11.8 Å². The first-order valence-corrected chi connectivity index (χ1v) is 8.04. The summed E-state index contributed by atoms with van der Waals surface area (Å²) in [6.07, 6.45) is 0. The van der Waals surface area contributed by atoms with Gasteiger partial charge in [0.1, 0.15) is 0 Å². The van der Waals surface area contributed by atoms with Gasteiger partial charge in [-0.25, -0.2) is 0 Å². The summed E-state index contributed by atoms with van der Waals surface area (Å²) >= 11 is 3.48. The molecule has 0 spiro atoms. The van der Waals surface area contributed by atoms with Crippen molar-refractivity contribution < 1.29 is 9.59 Å². The third-order valence-corrected chi connectivity index (χ3v) is 3.83. The predicted molar refractivity (Wildman–Crippen MR) is 91.4 cm³/mol. The third-order valence-electron chi connectivity index (χ3n) is 3.06. The van der Waals surface area contributed by atoms with Crippen molar-refractivity contribution in [1.29, 1.82) is 0 Å². The number of nitrogens with one attached hydrogen (secondary N) is 1. The summed E-state index contributed by atoms with van der Waals surface area (Å²) in [5.41, 5.74) is 1.05. The van der Waals surface area contributed by atoms with E-state index in [4.69, 9.17) is 0 Å². The summed E-state index contributed by atoms with van der Waals surface area (Å²) in [6.45, 7) is 4.79. The van der Waals surface area contributed by atoms with Gasteiger partial charge < -0.3 is 10.2 Å². The van der Waals surface area contributed by atoms with E-state index in [1.807, 2.05) is 38.1 Å². The zero-order valence-electron chi connectivity index (χ0n) is 13.6. The first kappa shape index (κ1) is 18.6. The highest BCUT2D eigenvalue weighted by atomic mass is 79.9. The Morgan fingerprint density at radius 3 is 2.41 bits per heavy atom. The van der Waals surface area contributed by atoms with Crippen LogP contribution in [-0.2, 0) is 16.1 Å². The van der Waals surface area contributed by atoms with Crippen LogP contribution in [0.25, 0.3) is 0 Å². The van der Waals surface area contributed by atoms with Crippen LogP contribution in [0.5, 0.6) is 0 Å². The zero-order valence-corrected chi connectivity index (χ0v) is 15.2. The molecule has 22 heavy (non-hydrogen) atoms. The van der Waals surface area contributed by atoms with E-state index >= 15 is 0 Å². The van der Waals surface area contributed by atoms with Crippen LogP contribution in [0.2, 0.25) is 0 Å². The summed E-state index contributed by atoms with van der Waals surface area (Å²) < 4.78 is 0.985. The van der Waals surface area contributed by atoms with Gasteiger partial charge in [0.25, 0.3) is 0 Å². The summed E-state index contributed by atoms with van der Waals surface area (Å²) in [6, 6.07) is 7.93. The molecule has 0 heterocycles. The van der Waals surface area contributed by atoms with Crippen molar-refractivity contribution in [3.8, 4) is 0 Å². The zero-order chi connectivity index (χ0) is 16.7. The molecule has 0 aromatic heterocycles. The molecular formula is C16H24BrN3O2. The molecule has 0 fully saturated rings. The van der Waals surface area contributed by atoms with Crippen LogP contribution in [0, 0.1) is 0 Å². The van der Waals surface area contributed by atoms with Gasteiger partial charge >= 0.3 is 0 Å². The van der Waals surface area contributed by atoms with E-state index in [1.54, 1.807) is 23.9 Å². The predicted octanol–water partition coefficient (Wildman–Crippen LogP) is 1.86. The van der Waals surface area contributed by atoms with E-state index in [1.165, 1.54) is 0 Å². The van der Waals surface area contributed by atoms with Crippen molar-refractivity contribution >= 4 is 27.7 Å². The summed E-state index contributed by atoms with van der Waals surface area (Å²) in [5, 5.41) is 2.81. The molecule has 122 valence electrons. The lowest BCUT2D eigenvalue weighted by molar-refractivity contribution is -0.132. The number of halogens is 1. The maximum atomic E-state index is 12.2. The lowest BCUT2D eigenvalue weighted by Gasteiger charge is -2.22. The summed E-state index contributed by atoms with van der Waals surface area (Å²) in [5.74, 6) is -0.0886. The minimum atomic E-state index is -0.0706. The van der Waals surface area contributed by atoms with Crippen LogP contribution in [0.4, 0.5) is 0 Å². The van der Waals surface area contributed by atoms with Crippen LogP contribution < -0.4 is 5.32 Å². The maximum absolute atomic E-state index is 12.2. The molecular weight excluding hydrogens is 346 g/mol. The van der Waals surface area contributed by atoms with Gasteiger partial charge in [-0.15, -0.1) is 0 Å². The highest BCUT2D eigenvalue weighted by molar-refractivity contribution is 9.10. The number of carbonyl (C=O) groups is 2. The molecule has 2 amide bonds. The van der Waals surface area contributed by atoms with Crippen molar-refractivity contribution in [3.05, 3.63) is 34.3 Å². The fraction of sp³-hybridized carbons (Fsp3) is 0.500. The average molecular weight is 370 g/mol. The van der Waals surface area contributed by atoms with Crippen molar-refractivity contribution in [3.63, 3.8) is 0 Å². The molecule has 1 aromatic rings. The molecule has 0 saturated heterocycles. The van der Waals surface area contributed by atoms with Crippen LogP contribution in [0.15, 0.2) is 28.7 Å². The second kappa shape index (κ2) is 8.90. The van der Waals surface area contributed by atoms with E-state index in [2.05, 4.69) is 21.2 Å². The van der Waals surface area contributed by atoms with Gasteiger partial charge in [0, 0.05) is 24.1 Å². The van der Waals surface area contributed by atoms with Gasteiger partial charge in [0.05, 0.1) is 13.1 Å². The van der Waals surface area contributed by atoms with E-state index in [0.29, 0.717) is 6.54 Å². The van der Waals surface area contributed by atoms with Crippen LogP contribution >= 0.6 is 15.9 Å². The Balaban J connectivity index is 2.47. The van der Waals surface area contributed by atoms with E-state index < -0.39 is 0 Å².